The molecule has 1 aromatic carbocycles. The fourth-order valence-electron chi connectivity index (χ4n) is 1.89. The molecule has 0 aliphatic carbocycles. The highest BCUT2D eigenvalue weighted by atomic mass is 79.9. The molecule has 0 unspecified atom stereocenters. The van der Waals surface area contributed by atoms with E-state index in [1.807, 2.05) is 0 Å². The van der Waals surface area contributed by atoms with Crippen LogP contribution in [0.1, 0.15) is 23.2 Å². The van der Waals surface area contributed by atoms with Crippen LogP contribution in [0, 0.1) is 5.82 Å². The first-order chi connectivity index (χ1) is 8.09. The van der Waals surface area contributed by atoms with Crippen molar-refractivity contribution in [2.75, 3.05) is 13.1 Å². The monoisotopic (exact) mass is 363 g/mol. The predicted molar refractivity (Wildman–Crippen MR) is 72.0 cm³/mol. The Morgan fingerprint density at radius 1 is 1.35 bits per heavy atom. The van der Waals surface area contributed by atoms with E-state index in [4.69, 9.17) is 0 Å². The van der Waals surface area contributed by atoms with E-state index in [0.717, 1.165) is 12.8 Å². The van der Waals surface area contributed by atoms with Gasteiger partial charge in [0, 0.05) is 17.9 Å². The van der Waals surface area contributed by atoms with Gasteiger partial charge in [-0.3, -0.25) is 4.79 Å². The summed E-state index contributed by atoms with van der Waals surface area (Å²) in [7, 11) is 0. The lowest BCUT2D eigenvalue weighted by Gasteiger charge is -2.29. The standard InChI is InChI=1S/C12H12Br2FNO/c13-8-4-6-16(7-5-8)12(17)9-2-1-3-10(14)11(9)15/h1-3,8H,4-7H2. The Morgan fingerprint density at radius 2 is 2.00 bits per heavy atom. The fourth-order valence-corrected chi connectivity index (χ4v) is 2.67. The zero-order chi connectivity index (χ0) is 12.4. The molecule has 0 saturated carbocycles. The van der Waals surface area contributed by atoms with Crippen molar-refractivity contribution < 1.29 is 9.18 Å². The number of nitrogens with zero attached hydrogens (tertiary/aromatic N) is 1. The van der Waals surface area contributed by atoms with Crippen LogP contribution in [0.4, 0.5) is 4.39 Å². The van der Waals surface area contributed by atoms with Gasteiger partial charge in [-0.15, -0.1) is 0 Å². The molecular formula is C12H12Br2FNO. The van der Waals surface area contributed by atoms with E-state index in [-0.39, 0.29) is 11.5 Å². The number of carbonyl (C=O) groups excluding carboxylic acids is 1. The van der Waals surface area contributed by atoms with Crippen LogP contribution in [-0.4, -0.2) is 28.7 Å². The average Bonchev–Trinajstić information content (AvgIpc) is 2.33. The zero-order valence-electron chi connectivity index (χ0n) is 9.13. The van der Waals surface area contributed by atoms with Gasteiger partial charge in [-0.25, -0.2) is 4.39 Å². The molecule has 0 bridgehead atoms. The quantitative estimate of drug-likeness (QED) is 0.697. The Bertz CT molecular complexity index is 431. The molecule has 1 aliphatic rings. The third kappa shape index (κ3) is 2.88. The molecular weight excluding hydrogens is 353 g/mol. The van der Waals surface area contributed by atoms with Crippen molar-refractivity contribution in [1.82, 2.24) is 4.90 Å². The van der Waals surface area contributed by atoms with Gasteiger partial charge in [0.15, 0.2) is 0 Å². The van der Waals surface area contributed by atoms with Crippen LogP contribution in [0.5, 0.6) is 0 Å². The van der Waals surface area contributed by atoms with E-state index in [2.05, 4.69) is 31.9 Å². The molecule has 2 rings (SSSR count). The first-order valence-electron chi connectivity index (χ1n) is 5.47. The maximum Gasteiger partial charge on any atom is 0.256 e. The summed E-state index contributed by atoms with van der Waals surface area (Å²) in [5.74, 6) is -0.693. The van der Waals surface area contributed by atoms with Crippen molar-refractivity contribution in [3.8, 4) is 0 Å². The van der Waals surface area contributed by atoms with Crippen LogP contribution in [0.3, 0.4) is 0 Å². The van der Waals surface area contributed by atoms with Crippen molar-refractivity contribution in [1.29, 1.82) is 0 Å². The van der Waals surface area contributed by atoms with Gasteiger partial charge in [0.05, 0.1) is 10.0 Å². The lowest BCUT2D eigenvalue weighted by molar-refractivity contribution is 0.0723. The third-order valence-electron chi connectivity index (χ3n) is 2.89. The number of hydrogen-bond donors (Lipinski definition) is 0. The molecule has 1 heterocycles. The molecule has 92 valence electrons. The lowest BCUT2D eigenvalue weighted by atomic mass is 10.1. The number of likely N-dealkylation sites (tertiary alicyclic amines) is 1. The molecule has 0 radical (unpaired) electrons. The van der Waals surface area contributed by atoms with Crippen molar-refractivity contribution in [3.05, 3.63) is 34.1 Å². The third-order valence-corrected chi connectivity index (χ3v) is 4.42. The van der Waals surface area contributed by atoms with E-state index in [1.54, 1.807) is 17.0 Å². The second-order valence-corrected chi connectivity index (χ2v) is 6.22. The minimum Gasteiger partial charge on any atom is -0.338 e. The second kappa shape index (κ2) is 5.48. The van der Waals surface area contributed by atoms with Gasteiger partial charge < -0.3 is 4.90 Å². The largest absolute Gasteiger partial charge is 0.338 e. The number of carbonyl (C=O) groups is 1. The summed E-state index contributed by atoms with van der Waals surface area (Å²) in [6.07, 6.45) is 1.84. The smallest absolute Gasteiger partial charge is 0.256 e. The van der Waals surface area contributed by atoms with E-state index >= 15 is 0 Å². The predicted octanol–water partition coefficient (Wildman–Crippen LogP) is 3.59. The summed E-state index contributed by atoms with van der Waals surface area (Å²) >= 11 is 6.62. The maximum atomic E-state index is 13.8. The zero-order valence-corrected chi connectivity index (χ0v) is 12.3. The Morgan fingerprint density at radius 3 is 2.65 bits per heavy atom. The summed E-state index contributed by atoms with van der Waals surface area (Å²) in [6, 6.07) is 4.80. The SMILES string of the molecule is O=C(c1cccc(Br)c1F)N1CCC(Br)CC1. The average molecular weight is 365 g/mol. The van der Waals surface area contributed by atoms with Crippen LogP contribution in [0.25, 0.3) is 0 Å². The van der Waals surface area contributed by atoms with Crippen LogP contribution in [0.15, 0.2) is 22.7 Å². The summed E-state index contributed by atoms with van der Waals surface area (Å²) in [5.41, 5.74) is 0.146. The minimum atomic E-state index is -0.474. The van der Waals surface area contributed by atoms with Crippen LogP contribution in [-0.2, 0) is 0 Å². The summed E-state index contributed by atoms with van der Waals surface area (Å²) in [6.45, 7) is 1.36. The lowest BCUT2D eigenvalue weighted by Crippen LogP contribution is -2.39. The van der Waals surface area contributed by atoms with E-state index in [0.29, 0.717) is 22.4 Å². The van der Waals surface area contributed by atoms with Crippen LogP contribution in [0.2, 0.25) is 0 Å². The van der Waals surface area contributed by atoms with Crippen molar-refractivity contribution in [3.63, 3.8) is 0 Å². The van der Waals surface area contributed by atoms with Crippen LogP contribution >= 0.6 is 31.9 Å². The number of amides is 1. The Balaban J connectivity index is 2.17. The number of rotatable bonds is 1. The first-order valence-corrected chi connectivity index (χ1v) is 7.18. The first kappa shape index (κ1) is 13.0. The van der Waals surface area contributed by atoms with Gasteiger partial charge in [0.25, 0.3) is 5.91 Å². The van der Waals surface area contributed by atoms with Gasteiger partial charge >= 0.3 is 0 Å². The van der Waals surface area contributed by atoms with E-state index in [9.17, 15) is 9.18 Å². The number of halogens is 3. The molecule has 0 N–H and O–H groups in total. The molecule has 5 heteroatoms. The molecule has 0 atom stereocenters. The number of benzene rings is 1. The van der Waals surface area contributed by atoms with Gasteiger partial charge in [-0.1, -0.05) is 22.0 Å². The van der Waals surface area contributed by atoms with Gasteiger partial charge in [-0.05, 0) is 40.9 Å². The molecule has 2 nitrogen and oxygen atoms in total. The minimum absolute atomic E-state index is 0.146. The summed E-state index contributed by atoms with van der Waals surface area (Å²) in [5, 5.41) is 0. The Kier molecular flexibility index (Phi) is 4.20. The van der Waals surface area contributed by atoms with E-state index in [1.165, 1.54) is 6.07 Å². The molecule has 17 heavy (non-hydrogen) atoms. The molecule has 1 aromatic rings. The topological polar surface area (TPSA) is 20.3 Å². The highest BCUT2D eigenvalue weighted by Gasteiger charge is 2.24. The van der Waals surface area contributed by atoms with Gasteiger partial charge in [-0.2, -0.15) is 0 Å². The summed E-state index contributed by atoms with van der Waals surface area (Å²) in [4.78, 5) is 14.3. The highest BCUT2D eigenvalue weighted by molar-refractivity contribution is 9.10. The maximum absolute atomic E-state index is 13.8. The number of piperidine rings is 1. The molecule has 1 amide bonds. The fraction of sp³-hybridized carbons (Fsp3) is 0.417. The van der Waals surface area contributed by atoms with E-state index < -0.39 is 5.82 Å². The Labute approximate surface area is 116 Å². The molecule has 0 aromatic heterocycles. The van der Waals surface area contributed by atoms with Crippen LogP contribution < -0.4 is 0 Å². The van der Waals surface area contributed by atoms with Crippen molar-refractivity contribution in [2.24, 2.45) is 0 Å². The number of hydrogen-bond acceptors (Lipinski definition) is 1. The van der Waals surface area contributed by atoms with Gasteiger partial charge in [0.2, 0.25) is 0 Å². The molecule has 1 aliphatic heterocycles. The normalized spacial score (nSPS) is 17.2. The van der Waals surface area contributed by atoms with Gasteiger partial charge in [0.1, 0.15) is 5.82 Å². The molecule has 1 fully saturated rings. The number of alkyl halides is 1. The molecule has 0 spiro atoms. The summed E-state index contributed by atoms with van der Waals surface area (Å²) < 4.78 is 14.1. The Hall–Kier alpha value is -0.420. The van der Waals surface area contributed by atoms with Crippen molar-refractivity contribution >= 4 is 37.8 Å². The molecule has 1 saturated heterocycles. The highest BCUT2D eigenvalue weighted by Crippen LogP contribution is 2.23. The second-order valence-electron chi connectivity index (χ2n) is 4.07. The van der Waals surface area contributed by atoms with Crippen molar-refractivity contribution in [2.45, 2.75) is 17.7 Å².